The smallest absolute Gasteiger partial charge is 0.306 e. The first-order valence-corrected chi connectivity index (χ1v) is 34.3. The Balaban J connectivity index is 4.01. The molecule has 0 radical (unpaired) electrons. The first-order chi connectivity index (χ1) is 37.5. The fourth-order valence-electron chi connectivity index (χ4n) is 9.59. The Morgan fingerprint density at radius 3 is 1.10 bits per heavy atom. The van der Waals surface area contributed by atoms with Gasteiger partial charge in [0.25, 0.3) is 7.82 Å². The molecule has 0 spiro atoms. The van der Waals surface area contributed by atoms with Gasteiger partial charge in [-0.25, -0.2) is 0 Å². The molecule has 0 bridgehead atoms. The Labute approximate surface area is 477 Å². The molecule has 2 atom stereocenters. The van der Waals surface area contributed by atoms with E-state index < -0.39 is 26.5 Å². The van der Waals surface area contributed by atoms with Crippen molar-refractivity contribution in [1.82, 2.24) is 0 Å². The molecule has 0 N–H and O–H groups in total. The maximum Gasteiger partial charge on any atom is 0.306 e. The zero-order valence-electron chi connectivity index (χ0n) is 51.4. The highest BCUT2D eigenvalue weighted by atomic mass is 31.2. The molecule has 0 amide bonds. The number of phosphoric acid groups is 1. The van der Waals surface area contributed by atoms with E-state index in [2.05, 4.69) is 62.5 Å². The van der Waals surface area contributed by atoms with E-state index in [9.17, 15) is 19.0 Å². The summed E-state index contributed by atoms with van der Waals surface area (Å²) < 4.78 is 34.2. The molecular weight excluding hydrogens is 978 g/mol. The third-order valence-electron chi connectivity index (χ3n) is 14.6. The van der Waals surface area contributed by atoms with E-state index in [-0.39, 0.29) is 32.0 Å². The van der Waals surface area contributed by atoms with Crippen LogP contribution >= 0.6 is 7.82 Å². The number of unbranched alkanes of at least 4 members (excludes halogenated alkanes) is 39. The summed E-state index contributed by atoms with van der Waals surface area (Å²) in [5.41, 5.74) is 0. The number of ether oxygens (including phenoxy) is 2. The summed E-state index contributed by atoms with van der Waals surface area (Å²) in [5, 5.41) is 0. The van der Waals surface area contributed by atoms with Crippen LogP contribution in [0, 0.1) is 0 Å². The first-order valence-electron chi connectivity index (χ1n) is 32.8. The number of hydrogen-bond donors (Lipinski definition) is 0. The van der Waals surface area contributed by atoms with E-state index in [1.807, 2.05) is 21.1 Å². The zero-order chi connectivity index (χ0) is 56.3. The average Bonchev–Trinajstić information content (AvgIpc) is 3.39. The van der Waals surface area contributed by atoms with Gasteiger partial charge in [0.2, 0.25) is 0 Å². The normalized spacial score (nSPS) is 13.5. The molecule has 0 heterocycles. The predicted octanol–water partition coefficient (Wildman–Crippen LogP) is 20.2. The summed E-state index contributed by atoms with van der Waals surface area (Å²) in [6, 6.07) is 0. The van der Waals surface area contributed by atoms with Crippen LogP contribution in [-0.4, -0.2) is 70.0 Å². The first kappa shape index (κ1) is 75.0. The maximum atomic E-state index is 12.8. The third kappa shape index (κ3) is 63.0. The van der Waals surface area contributed by atoms with Crippen molar-refractivity contribution in [2.75, 3.05) is 47.5 Å². The highest BCUT2D eigenvalue weighted by Crippen LogP contribution is 2.38. The number of rotatable bonds is 61. The Morgan fingerprint density at radius 2 is 0.740 bits per heavy atom. The fourth-order valence-corrected chi connectivity index (χ4v) is 10.3. The van der Waals surface area contributed by atoms with Crippen LogP contribution in [0.25, 0.3) is 0 Å². The number of nitrogens with zero attached hydrogens (tertiary/aromatic N) is 1. The lowest BCUT2D eigenvalue weighted by Gasteiger charge is -2.28. The van der Waals surface area contributed by atoms with Gasteiger partial charge in [-0.3, -0.25) is 14.2 Å². The van der Waals surface area contributed by atoms with Crippen LogP contribution in [0.3, 0.4) is 0 Å². The van der Waals surface area contributed by atoms with Gasteiger partial charge in [-0.05, 0) is 51.4 Å². The molecule has 0 fully saturated rings. The van der Waals surface area contributed by atoms with E-state index in [0.717, 1.165) is 70.6 Å². The number of likely N-dealkylation sites (N-methyl/N-ethyl adjacent to an activating group) is 1. The number of carbonyl (C=O) groups excluding carboxylic acids is 2. The summed E-state index contributed by atoms with van der Waals surface area (Å²) in [6.07, 6.45) is 74.8. The van der Waals surface area contributed by atoms with Gasteiger partial charge in [-0.1, -0.05) is 300 Å². The second kappa shape index (κ2) is 58.6. The molecule has 0 aliphatic heterocycles. The summed E-state index contributed by atoms with van der Waals surface area (Å²) in [6.45, 7) is 4.17. The van der Waals surface area contributed by atoms with Crippen molar-refractivity contribution < 1.29 is 42.1 Å². The van der Waals surface area contributed by atoms with Crippen LogP contribution < -0.4 is 4.89 Å². The molecule has 2 unspecified atom stereocenters. The maximum absolute atomic E-state index is 12.8. The van der Waals surface area contributed by atoms with Crippen molar-refractivity contribution in [2.45, 2.75) is 322 Å². The lowest BCUT2D eigenvalue weighted by atomic mass is 10.0. The molecule has 0 saturated heterocycles. The quantitative estimate of drug-likeness (QED) is 0.0195. The van der Waals surface area contributed by atoms with Crippen molar-refractivity contribution in [1.29, 1.82) is 0 Å². The van der Waals surface area contributed by atoms with E-state index in [4.69, 9.17) is 18.5 Å². The van der Waals surface area contributed by atoms with E-state index in [1.165, 1.54) is 212 Å². The second-order valence-corrected chi connectivity index (χ2v) is 24.9. The van der Waals surface area contributed by atoms with Gasteiger partial charge in [0, 0.05) is 12.8 Å². The molecule has 0 aliphatic rings. The van der Waals surface area contributed by atoms with Gasteiger partial charge >= 0.3 is 11.9 Å². The summed E-state index contributed by atoms with van der Waals surface area (Å²) in [4.78, 5) is 38.0. The second-order valence-electron chi connectivity index (χ2n) is 23.5. The summed E-state index contributed by atoms with van der Waals surface area (Å²) in [5.74, 6) is -0.829. The number of allylic oxidation sites excluding steroid dienone is 8. The third-order valence-corrected chi connectivity index (χ3v) is 15.6. The Morgan fingerprint density at radius 1 is 0.416 bits per heavy atom. The SMILES string of the molecule is CC/C=C\C/C=C\C/C=C\C/C=C\CCCCCCCCCCC(=O)OC(COC(=O)CCCCCCCCCCCCCCCCCCCCCCCCCCCCCCCCCC)COP(=O)([O-])OCC[N+](C)(C)C. The molecular formula is C67H126NO8P. The lowest BCUT2D eigenvalue weighted by Crippen LogP contribution is -2.37. The topological polar surface area (TPSA) is 111 Å². The molecule has 0 aromatic heterocycles. The van der Waals surface area contributed by atoms with Crippen molar-refractivity contribution in [2.24, 2.45) is 0 Å². The van der Waals surface area contributed by atoms with Crippen LogP contribution in [0.1, 0.15) is 316 Å². The Hall–Kier alpha value is -2.03. The zero-order valence-corrected chi connectivity index (χ0v) is 52.3. The van der Waals surface area contributed by atoms with E-state index >= 15 is 0 Å². The molecule has 0 saturated carbocycles. The molecule has 0 aliphatic carbocycles. The van der Waals surface area contributed by atoms with Gasteiger partial charge in [0.15, 0.2) is 6.10 Å². The van der Waals surface area contributed by atoms with Crippen LogP contribution in [0.2, 0.25) is 0 Å². The molecule has 9 nitrogen and oxygen atoms in total. The largest absolute Gasteiger partial charge is 0.756 e. The highest BCUT2D eigenvalue weighted by molar-refractivity contribution is 7.45. The van der Waals surface area contributed by atoms with Gasteiger partial charge in [0.1, 0.15) is 19.8 Å². The summed E-state index contributed by atoms with van der Waals surface area (Å²) in [7, 11) is 1.17. The van der Waals surface area contributed by atoms with Crippen molar-refractivity contribution >= 4 is 19.8 Å². The Kier molecular flexibility index (Phi) is 57.1. The fraction of sp³-hybridized carbons (Fsp3) is 0.851. The van der Waals surface area contributed by atoms with Crippen molar-refractivity contribution in [3.63, 3.8) is 0 Å². The molecule has 0 aromatic rings. The van der Waals surface area contributed by atoms with Crippen LogP contribution in [0.4, 0.5) is 0 Å². The molecule has 0 rings (SSSR count). The van der Waals surface area contributed by atoms with Gasteiger partial charge in [-0.2, -0.15) is 0 Å². The number of hydrogen-bond acceptors (Lipinski definition) is 8. The molecule has 10 heteroatoms. The number of esters is 2. The minimum atomic E-state index is -4.64. The predicted molar refractivity (Wildman–Crippen MR) is 328 cm³/mol. The minimum absolute atomic E-state index is 0.0323. The highest BCUT2D eigenvalue weighted by Gasteiger charge is 2.22. The standard InChI is InChI=1S/C67H126NO8P/c1-6-8-10-12-14-16-18-20-22-24-26-28-29-30-31-32-33-34-35-36-37-38-40-41-43-45-47-49-51-53-55-57-59-66(69)73-63-65(64-75-77(71,72)74-62-61-68(3,4)5)76-67(70)60-58-56-54-52-50-48-46-44-42-39-27-25-23-21-19-17-15-13-11-9-7-2/h9,11,15,17,21,23,27,39,65H,6-8,10,12-14,16,18-20,22,24-26,28-38,40-64H2,1-5H3/b11-9-,17-15-,23-21-,39-27-. The van der Waals surface area contributed by atoms with Crippen molar-refractivity contribution in [3.8, 4) is 0 Å². The van der Waals surface area contributed by atoms with E-state index in [0.29, 0.717) is 17.4 Å². The van der Waals surface area contributed by atoms with Gasteiger partial charge in [0.05, 0.1) is 27.7 Å². The monoisotopic (exact) mass is 1100 g/mol. The van der Waals surface area contributed by atoms with Gasteiger partial charge < -0.3 is 27.9 Å². The Bertz CT molecular complexity index is 1440. The van der Waals surface area contributed by atoms with Gasteiger partial charge in [-0.15, -0.1) is 0 Å². The average molecular weight is 1100 g/mol. The van der Waals surface area contributed by atoms with Crippen LogP contribution in [-0.2, 0) is 32.7 Å². The van der Waals surface area contributed by atoms with Crippen molar-refractivity contribution in [3.05, 3.63) is 48.6 Å². The minimum Gasteiger partial charge on any atom is -0.756 e. The lowest BCUT2D eigenvalue weighted by molar-refractivity contribution is -0.870. The van der Waals surface area contributed by atoms with Crippen LogP contribution in [0.15, 0.2) is 48.6 Å². The molecule has 452 valence electrons. The number of carbonyl (C=O) groups is 2. The van der Waals surface area contributed by atoms with E-state index in [1.54, 1.807) is 0 Å². The number of phosphoric ester groups is 1. The molecule has 0 aromatic carbocycles. The summed E-state index contributed by atoms with van der Waals surface area (Å²) >= 11 is 0. The van der Waals surface area contributed by atoms with Crippen LogP contribution in [0.5, 0.6) is 0 Å². The molecule has 77 heavy (non-hydrogen) atoms. The number of quaternary nitrogens is 1.